The van der Waals surface area contributed by atoms with Crippen molar-refractivity contribution in [3.63, 3.8) is 0 Å². The fraction of sp³-hybridized carbons (Fsp3) is 0.391. The first-order valence-corrected chi connectivity index (χ1v) is 9.90. The van der Waals surface area contributed by atoms with Crippen LogP contribution >= 0.6 is 0 Å². The summed E-state index contributed by atoms with van der Waals surface area (Å²) in [5.41, 5.74) is 4.94. The first kappa shape index (κ1) is 23.1. The molecule has 1 fully saturated rings. The van der Waals surface area contributed by atoms with Crippen LogP contribution in [-0.4, -0.2) is 51.5 Å². The van der Waals surface area contributed by atoms with Gasteiger partial charge in [0.05, 0.1) is 12.8 Å². The van der Waals surface area contributed by atoms with Gasteiger partial charge >= 0.3 is 5.97 Å². The van der Waals surface area contributed by atoms with Gasteiger partial charge in [-0.1, -0.05) is 24.3 Å². The van der Waals surface area contributed by atoms with E-state index in [2.05, 4.69) is 4.98 Å². The maximum absolute atomic E-state index is 12.6. The summed E-state index contributed by atoms with van der Waals surface area (Å²) in [6, 6.07) is 11.7. The zero-order chi connectivity index (χ0) is 22.1. The van der Waals surface area contributed by atoms with Crippen molar-refractivity contribution in [3.05, 3.63) is 64.5 Å². The van der Waals surface area contributed by atoms with Crippen LogP contribution in [0.15, 0.2) is 36.4 Å². The third kappa shape index (κ3) is 7.31. The Morgan fingerprint density at radius 3 is 2.20 bits per heavy atom. The van der Waals surface area contributed by atoms with Gasteiger partial charge in [0.2, 0.25) is 5.91 Å². The van der Waals surface area contributed by atoms with E-state index in [1.165, 1.54) is 5.56 Å². The highest BCUT2D eigenvalue weighted by Crippen LogP contribution is 2.22. The minimum atomic E-state index is -0.813. The summed E-state index contributed by atoms with van der Waals surface area (Å²) < 4.78 is 0. The Morgan fingerprint density at radius 2 is 1.63 bits per heavy atom. The van der Waals surface area contributed by atoms with Gasteiger partial charge in [0, 0.05) is 24.5 Å². The van der Waals surface area contributed by atoms with Gasteiger partial charge in [-0.15, -0.1) is 0 Å². The van der Waals surface area contributed by atoms with E-state index in [-0.39, 0.29) is 18.8 Å². The van der Waals surface area contributed by atoms with Crippen molar-refractivity contribution < 1.29 is 24.6 Å². The van der Waals surface area contributed by atoms with Gasteiger partial charge in [-0.25, -0.2) is 0 Å². The van der Waals surface area contributed by atoms with Crippen LogP contribution in [0.25, 0.3) is 0 Å². The van der Waals surface area contributed by atoms with Gasteiger partial charge in [-0.2, -0.15) is 0 Å². The van der Waals surface area contributed by atoms with Crippen LogP contribution in [0.1, 0.15) is 34.5 Å². The number of carbonyl (C=O) groups is 3. The van der Waals surface area contributed by atoms with Gasteiger partial charge < -0.3 is 15.1 Å². The molecular weight excluding hydrogens is 384 g/mol. The molecular formula is C23H28N2O5. The first-order valence-electron chi connectivity index (χ1n) is 9.90. The van der Waals surface area contributed by atoms with E-state index in [0.29, 0.717) is 12.3 Å². The highest BCUT2D eigenvalue weighted by atomic mass is 16.4. The van der Waals surface area contributed by atoms with E-state index in [0.717, 1.165) is 48.4 Å². The van der Waals surface area contributed by atoms with Crippen molar-refractivity contribution in [2.24, 2.45) is 5.92 Å². The number of nitrogens with zero attached hydrogens (tertiary/aromatic N) is 2. The molecule has 160 valence electrons. The van der Waals surface area contributed by atoms with E-state index >= 15 is 0 Å². The number of carboxylic acid groups (broad SMARTS) is 2. The Bertz CT molecular complexity index is 859. The highest BCUT2D eigenvalue weighted by Gasteiger charge is 2.26. The first-order chi connectivity index (χ1) is 14.3. The molecule has 1 aliphatic heterocycles. The third-order valence-corrected chi connectivity index (χ3v) is 5.04. The molecule has 7 heteroatoms. The van der Waals surface area contributed by atoms with Crippen LogP contribution in [0.3, 0.4) is 0 Å². The summed E-state index contributed by atoms with van der Waals surface area (Å²) in [7, 11) is 0. The number of rotatable bonds is 6. The van der Waals surface area contributed by atoms with Crippen LogP contribution in [0.2, 0.25) is 0 Å². The highest BCUT2D eigenvalue weighted by molar-refractivity contribution is 5.79. The molecule has 30 heavy (non-hydrogen) atoms. The summed E-state index contributed by atoms with van der Waals surface area (Å²) in [5, 5.41) is 15.7. The average molecular weight is 412 g/mol. The maximum atomic E-state index is 12.6. The molecule has 1 aromatic heterocycles. The lowest BCUT2D eigenvalue weighted by molar-refractivity contribution is -0.136. The molecule has 0 radical (unpaired) electrons. The van der Waals surface area contributed by atoms with E-state index in [1.54, 1.807) is 0 Å². The van der Waals surface area contributed by atoms with Crippen molar-refractivity contribution in [1.82, 2.24) is 9.88 Å². The molecule has 1 amide bonds. The molecule has 0 spiro atoms. The summed E-state index contributed by atoms with van der Waals surface area (Å²) in [5.74, 6) is -0.174. The smallest absolute Gasteiger partial charge is 0.307 e. The molecule has 1 unspecified atom stereocenters. The predicted molar refractivity (Wildman–Crippen MR) is 112 cm³/mol. The van der Waals surface area contributed by atoms with Gasteiger partial charge in [0.25, 0.3) is 6.47 Å². The van der Waals surface area contributed by atoms with Gasteiger partial charge in [-0.3, -0.25) is 19.4 Å². The Morgan fingerprint density at radius 1 is 1.07 bits per heavy atom. The molecule has 0 bridgehead atoms. The number of aryl methyl sites for hydroxylation is 2. The van der Waals surface area contributed by atoms with Gasteiger partial charge in [0.1, 0.15) is 0 Å². The topological polar surface area (TPSA) is 108 Å². The fourth-order valence-corrected chi connectivity index (χ4v) is 3.84. The number of hydrogen-bond donors (Lipinski definition) is 2. The lowest BCUT2D eigenvalue weighted by atomic mass is 9.97. The molecule has 7 nitrogen and oxygen atoms in total. The summed E-state index contributed by atoms with van der Waals surface area (Å²) >= 11 is 0. The molecule has 2 N–H and O–H groups in total. The lowest BCUT2D eigenvalue weighted by Gasteiger charge is -2.17. The largest absolute Gasteiger partial charge is 0.483 e. The molecule has 1 aliphatic rings. The number of benzene rings is 1. The Labute approximate surface area is 176 Å². The number of likely N-dealkylation sites (tertiary alicyclic amines) is 1. The predicted octanol–water partition coefficient (Wildman–Crippen LogP) is 2.66. The zero-order valence-electron chi connectivity index (χ0n) is 17.4. The van der Waals surface area contributed by atoms with Crippen LogP contribution < -0.4 is 0 Å². The number of carboxylic acids is 1. The number of pyridine rings is 1. The van der Waals surface area contributed by atoms with E-state index in [1.807, 2.05) is 55.1 Å². The van der Waals surface area contributed by atoms with Crippen molar-refractivity contribution >= 4 is 18.3 Å². The van der Waals surface area contributed by atoms with Crippen LogP contribution in [0.5, 0.6) is 0 Å². The zero-order valence-corrected chi connectivity index (χ0v) is 17.4. The number of carbonyl (C=O) groups excluding carboxylic acids is 1. The standard InChI is InChI=1S/C22H26N2O3.CH2O2/c1-15-9-20(10-16(2)23-15)12-21(25)24-8-7-19(14-24)11-17-3-5-18(6-4-17)13-22(26)27;2-1-3/h3-6,9-10,19H,7-8,11-14H2,1-2H3,(H,26,27);1H,(H,2,3). The Kier molecular flexibility index (Phi) is 8.53. The molecule has 1 aromatic carbocycles. The number of amides is 1. The molecule has 2 aromatic rings. The molecule has 0 saturated carbocycles. The van der Waals surface area contributed by atoms with Crippen LogP contribution in [-0.2, 0) is 33.6 Å². The molecule has 2 heterocycles. The number of aromatic nitrogens is 1. The SMILES string of the molecule is Cc1cc(CC(=O)N2CCC(Cc3ccc(CC(=O)O)cc3)C2)cc(C)n1.O=CO. The molecule has 1 saturated heterocycles. The van der Waals surface area contributed by atoms with E-state index in [4.69, 9.17) is 15.0 Å². The third-order valence-electron chi connectivity index (χ3n) is 5.04. The summed E-state index contributed by atoms with van der Waals surface area (Å²) in [4.78, 5) is 38.1. The van der Waals surface area contributed by atoms with Crippen molar-refractivity contribution in [3.8, 4) is 0 Å². The number of aliphatic carboxylic acids is 1. The summed E-state index contributed by atoms with van der Waals surface area (Å²) in [6.07, 6.45) is 2.42. The van der Waals surface area contributed by atoms with Crippen molar-refractivity contribution in [1.29, 1.82) is 0 Å². The Hall–Kier alpha value is -3.22. The minimum Gasteiger partial charge on any atom is -0.483 e. The quantitative estimate of drug-likeness (QED) is 0.706. The monoisotopic (exact) mass is 412 g/mol. The van der Waals surface area contributed by atoms with Gasteiger partial charge in [0.15, 0.2) is 0 Å². The van der Waals surface area contributed by atoms with Crippen molar-refractivity contribution in [2.75, 3.05) is 13.1 Å². The van der Waals surface area contributed by atoms with Crippen LogP contribution in [0, 0.1) is 19.8 Å². The van der Waals surface area contributed by atoms with Crippen molar-refractivity contribution in [2.45, 2.75) is 39.5 Å². The van der Waals surface area contributed by atoms with Gasteiger partial charge in [-0.05, 0) is 61.4 Å². The maximum Gasteiger partial charge on any atom is 0.307 e. The second-order valence-electron chi connectivity index (χ2n) is 7.63. The van der Waals surface area contributed by atoms with E-state index in [9.17, 15) is 9.59 Å². The van der Waals surface area contributed by atoms with E-state index < -0.39 is 5.97 Å². The van der Waals surface area contributed by atoms with Crippen LogP contribution in [0.4, 0.5) is 0 Å². The minimum absolute atomic E-state index is 0.0555. The molecule has 3 rings (SSSR count). The second-order valence-corrected chi connectivity index (χ2v) is 7.63. The molecule has 1 atom stereocenters. The summed E-state index contributed by atoms with van der Waals surface area (Å²) in [6.45, 7) is 5.26. The second kappa shape index (κ2) is 11.1. The Balaban J connectivity index is 0.00000101. The average Bonchev–Trinajstić information content (AvgIpc) is 3.11. The fourth-order valence-electron chi connectivity index (χ4n) is 3.84. The molecule has 0 aliphatic carbocycles. The normalized spacial score (nSPS) is 15.3. The number of hydrogen-bond acceptors (Lipinski definition) is 4. The lowest BCUT2D eigenvalue weighted by Crippen LogP contribution is -2.30.